The minimum Gasteiger partial charge on any atom is -0.496 e. The average Bonchev–Trinajstić information content (AvgIpc) is 2.71. The molecule has 1 amide bonds. The summed E-state index contributed by atoms with van der Waals surface area (Å²) in [7, 11) is 1.66. The molecule has 0 heterocycles. The summed E-state index contributed by atoms with van der Waals surface area (Å²) >= 11 is 0. The zero-order valence-corrected chi connectivity index (χ0v) is 16.9. The highest BCUT2D eigenvalue weighted by atomic mass is 16.5. The number of hydrogen-bond acceptors (Lipinski definition) is 3. The molecule has 0 fully saturated rings. The van der Waals surface area contributed by atoms with Crippen LogP contribution in [-0.2, 0) is 4.79 Å². The number of carbonyl (C=O) groups excluding carboxylic acids is 1. The molecule has 0 saturated carbocycles. The van der Waals surface area contributed by atoms with Crippen LogP contribution in [-0.4, -0.2) is 19.1 Å². The third-order valence-corrected chi connectivity index (χ3v) is 4.95. The van der Waals surface area contributed by atoms with Crippen molar-refractivity contribution < 1.29 is 14.3 Å². The van der Waals surface area contributed by atoms with Crippen LogP contribution in [0.5, 0.6) is 11.5 Å². The number of hydrogen-bond donors (Lipinski definition) is 1. The lowest BCUT2D eigenvalue weighted by atomic mass is 10.0. The summed E-state index contributed by atoms with van der Waals surface area (Å²) < 4.78 is 11.2. The molecule has 0 saturated heterocycles. The third kappa shape index (κ3) is 4.45. The van der Waals surface area contributed by atoms with Crippen LogP contribution in [0.25, 0.3) is 10.8 Å². The number of benzene rings is 3. The number of amides is 1. The van der Waals surface area contributed by atoms with Gasteiger partial charge in [0, 0.05) is 0 Å². The van der Waals surface area contributed by atoms with Crippen LogP contribution in [0.2, 0.25) is 0 Å². The first-order chi connectivity index (χ1) is 13.5. The lowest BCUT2D eigenvalue weighted by Gasteiger charge is -2.22. The average molecular weight is 377 g/mol. The van der Waals surface area contributed by atoms with Gasteiger partial charge in [0.05, 0.1) is 13.2 Å². The Morgan fingerprint density at radius 1 is 1.04 bits per heavy atom. The Bertz CT molecular complexity index is 967. The molecule has 3 aromatic carbocycles. The monoisotopic (exact) mass is 377 g/mol. The molecule has 0 aromatic heterocycles. The Kier molecular flexibility index (Phi) is 6.19. The van der Waals surface area contributed by atoms with E-state index in [0.717, 1.165) is 34.1 Å². The molecule has 0 aliphatic rings. The molecular formula is C24H27NO3. The van der Waals surface area contributed by atoms with Gasteiger partial charge < -0.3 is 14.8 Å². The number of fused-ring (bicyclic) bond motifs is 1. The van der Waals surface area contributed by atoms with E-state index in [1.807, 2.05) is 55.5 Å². The molecule has 146 valence electrons. The highest BCUT2D eigenvalue weighted by Crippen LogP contribution is 2.25. The van der Waals surface area contributed by atoms with Gasteiger partial charge in [-0.2, -0.15) is 0 Å². The van der Waals surface area contributed by atoms with E-state index < -0.39 is 6.10 Å². The van der Waals surface area contributed by atoms with Gasteiger partial charge in [-0.3, -0.25) is 4.79 Å². The van der Waals surface area contributed by atoms with Gasteiger partial charge >= 0.3 is 0 Å². The Labute approximate surface area is 166 Å². The van der Waals surface area contributed by atoms with E-state index in [4.69, 9.17) is 9.47 Å². The molecule has 3 rings (SSSR count). The van der Waals surface area contributed by atoms with Crippen molar-refractivity contribution in [3.05, 3.63) is 71.8 Å². The summed E-state index contributed by atoms with van der Waals surface area (Å²) in [6.45, 7) is 5.83. The van der Waals surface area contributed by atoms with Crippen molar-refractivity contribution in [3.8, 4) is 11.5 Å². The quantitative estimate of drug-likeness (QED) is 0.616. The zero-order chi connectivity index (χ0) is 20.1. The van der Waals surface area contributed by atoms with Gasteiger partial charge in [0.15, 0.2) is 6.10 Å². The molecule has 3 aromatic rings. The van der Waals surface area contributed by atoms with E-state index in [-0.39, 0.29) is 11.9 Å². The van der Waals surface area contributed by atoms with E-state index in [1.54, 1.807) is 14.0 Å². The summed E-state index contributed by atoms with van der Waals surface area (Å²) in [6.07, 6.45) is 0.203. The van der Waals surface area contributed by atoms with Gasteiger partial charge in [0.25, 0.3) is 5.91 Å². The second kappa shape index (κ2) is 8.79. The normalized spacial score (nSPS) is 13.0. The standard InChI is InChI=1S/C24H27NO3/c1-5-22(20-11-13-23(27-4)16(2)14-20)25-24(26)17(3)28-21-12-10-18-8-6-7-9-19(18)15-21/h6-15,17,22H,5H2,1-4H3,(H,25,26)/t17-,22+/m1/s1. The molecular weight excluding hydrogens is 350 g/mol. The van der Waals surface area contributed by atoms with Gasteiger partial charge in [-0.25, -0.2) is 0 Å². The predicted octanol–water partition coefficient (Wildman–Crippen LogP) is 5.19. The summed E-state index contributed by atoms with van der Waals surface area (Å²) in [6, 6.07) is 19.9. The minimum absolute atomic E-state index is 0.0697. The second-order valence-corrected chi connectivity index (χ2v) is 6.97. The third-order valence-electron chi connectivity index (χ3n) is 4.95. The van der Waals surface area contributed by atoms with Crippen LogP contribution in [0, 0.1) is 6.92 Å². The van der Waals surface area contributed by atoms with E-state index in [0.29, 0.717) is 5.75 Å². The molecule has 0 aliphatic carbocycles. The molecule has 1 N–H and O–H groups in total. The number of methoxy groups -OCH3 is 1. The Morgan fingerprint density at radius 2 is 1.79 bits per heavy atom. The Balaban J connectivity index is 1.68. The van der Waals surface area contributed by atoms with Crippen LogP contribution in [0.4, 0.5) is 0 Å². The molecule has 4 nitrogen and oxygen atoms in total. The second-order valence-electron chi connectivity index (χ2n) is 6.97. The van der Waals surface area contributed by atoms with E-state index >= 15 is 0 Å². The van der Waals surface area contributed by atoms with E-state index in [2.05, 4.69) is 24.4 Å². The van der Waals surface area contributed by atoms with Gasteiger partial charge in [0.1, 0.15) is 11.5 Å². The number of aryl methyl sites for hydroxylation is 1. The first-order valence-corrected chi connectivity index (χ1v) is 9.62. The van der Waals surface area contributed by atoms with Crippen LogP contribution >= 0.6 is 0 Å². The van der Waals surface area contributed by atoms with Crippen molar-refractivity contribution in [3.63, 3.8) is 0 Å². The smallest absolute Gasteiger partial charge is 0.261 e. The Morgan fingerprint density at radius 3 is 2.46 bits per heavy atom. The molecule has 0 aliphatic heterocycles. The number of carbonyl (C=O) groups is 1. The fourth-order valence-corrected chi connectivity index (χ4v) is 3.33. The SMILES string of the molecule is CC[C@H](NC(=O)[C@@H](C)Oc1ccc2ccccc2c1)c1ccc(OC)c(C)c1. The summed E-state index contributed by atoms with van der Waals surface area (Å²) in [5, 5.41) is 5.34. The van der Waals surface area contributed by atoms with Crippen molar-refractivity contribution in [1.82, 2.24) is 5.32 Å². The Hall–Kier alpha value is -3.01. The van der Waals surface area contributed by atoms with Crippen molar-refractivity contribution >= 4 is 16.7 Å². The number of nitrogens with one attached hydrogen (secondary N) is 1. The molecule has 0 spiro atoms. The predicted molar refractivity (Wildman–Crippen MR) is 113 cm³/mol. The van der Waals surface area contributed by atoms with Gasteiger partial charge in [-0.1, -0.05) is 49.4 Å². The maximum atomic E-state index is 12.7. The fraction of sp³-hybridized carbons (Fsp3) is 0.292. The van der Waals surface area contributed by atoms with Crippen molar-refractivity contribution in [2.75, 3.05) is 7.11 Å². The van der Waals surface area contributed by atoms with Gasteiger partial charge in [-0.15, -0.1) is 0 Å². The fourth-order valence-electron chi connectivity index (χ4n) is 3.33. The van der Waals surface area contributed by atoms with Crippen LogP contribution < -0.4 is 14.8 Å². The summed E-state index contributed by atoms with van der Waals surface area (Å²) in [4.78, 5) is 12.7. The van der Waals surface area contributed by atoms with Crippen molar-refractivity contribution in [1.29, 1.82) is 0 Å². The molecule has 0 unspecified atom stereocenters. The highest BCUT2D eigenvalue weighted by Gasteiger charge is 2.20. The molecule has 2 atom stereocenters. The van der Waals surface area contributed by atoms with E-state index in [9.17, 15) is 4.79 Å². The molecule has 28 heavy (non-hydrogen) atoms. The first-order valence-electron chi connectivity index (χ1n) is 9.62. The maximum Gasteiger partial charge on any atom is 0.261 e. The number of ether oxygens (including phenoxy) is 2. The van der Waals surface area contributed by atoms with Gasteiger partial charge in [0.2, 0.25) is 0 Å². The van der Waals surface area contributed by atoms with Crippen LogP contribution in [0.3, 0.4) is 0 Å². The zero-order valence-electron chi connectivity index (χ0n) is 16.9. The van der Waals surface area contributed by atoms with Gasteiger partial charge in [-0.05, 0) is 60.4 Å². The maximum absolute atomic E-state index is 12.7. The summed E-state index contributed by atoms with van der Waals surface area (Å²) in [5.41, 5.74) is 2.11. The lowest BCUT2D eigenvalue weighted by molar-refractivity contribution is -0.128. The lowest BCUT2D eigenvalue weighted by Crippen LogP contribution is -2.38. The van der Waals surface area contributed by atoms with Crippen LogP contribution in [0.1, 0.15) is 37.4 Å². The minimum atomic E-state index is -0.588. The number of rotatable bonds is 7. The topological polar surface area (TPSA) is 47.6 Å². The van der Waals surface area contributed by atoms with E-state index in [1.165, 1.54) is 0 Å². The summed E-state index contributed by atoms with van der Waals surface area (Å²) in [5.74, 6) is 1.40. The molecule has 4 heteroatoms. The first kappa shape index (κ1) is 19.7. The largest absolute Gasteiger partial charge is 0.496 e. The molecule has 0 bridgehead atoms. The van der Waals surface area contributed by atoms with Crippen molar-refractivity contribution in [2.45, 2.75) is 39.3 Å². The highest BCUT2D eigenvalue weighted by molar-refractivity contribution is 5.84. The van der Waals surface area contributed by atoms with Crippen LogP contribution in [0.15, 0.2) is 60.7 Å². The molecule has 0 radical (unpaired) electrons. The van der Waals surface area contributed by atoms with Crippen molar-refractivity contribution in [2.24, 2.45) is 0 Å².